The first-order valence-electron chi connectivity index (χ1n) is 5.49. The summed E-state index contributed by atoms with van der Waals surface area (Å²) in [7, 11) is 0. The number of nitro benzene ring substituents is 1. The van der Waals surface area contributed by atoms with Crippen molar-refractivity contribution in [2.75, 3.05) is 11.9 Å². The van der Waals surface area contributed by atoms with Crippen molar-refractivity contribution in [2.24, 2.45) is 0 Å². The Labute approximate surface area is 116 Å². The lowest BCUT2D eigenvalue weighted by Gasteiger charge is -2.19. The van der Waals surface area contributed by atoms with Crippen LogP contribution < -0.4 is 5.32 Å². The van der Waals surface area contributed by atoms with Gasteiger partial charge in [0.1, 0.15) is 5.56 Å². The van der Waals surface area contributed by atoms with E-state index in [-0.39, 0.29) is 0 Å². The number of aliphatic hydroxyl groups is 2. The fourth-order valence-electron chi connectivity index (χ4n) is 1.34. The van der Waals surface area contributed by atoms with Gasteiger partial charge in [-0.1, -0.05) is 0 Å². The van der Waals surface area contributed by atoms with Crippen molar-refractivity contribution < 1.29 is 33.1 Å². The smallest absolute Gasteiger partial charge is 0.393 e. The Kier molecular flexibility index (Phi) is 4.54. The molecule has 0 saturated heterocycles. The number of hydrogen-bond donors (Lipinski definition) is 3. The number of aliphatic hydroxyl groups excluding tert-OH is 1. The Bertz CT molecular complexity index is 571. The van der Waals surface area contributed by atoms with E-state index >= 15 is 0 Å². The van der Waals surface area contributed by atoms with Crippen LogP contribution in [-0.2, 0) is 11.0 Å². The standard InChI is InChI=1S/C11H11F3N2O5/c1-10(19,5-17)9(18)15-6-2-3-8(16(20)21)7(4-6)11(12,13)14/h2-4,17,19H,5H2,1H3,(H,15,18)/t10-/m0/s1. The molecule has 116 valence electrons. The van der Waals surface area contributed by atoms with Crippen molar-refractivity contribution in [3.63, 3.8) is 0 Å². The normalized spacial score (nSPS) is 14.4. The molecule has 0 aliphatic heterocycles. The van der Waals surface area contributed by atoms with Crippen LogP contribution in [0.25, 0.3) is 0 Å². The van der Waals surface area contributed by atoms with Crippen molar-refractivity contribution in [1.82, 2.24) is 0 Å². The molecule has 1 aromatic carbocycles. The lowest BCUT2D eigenvalue weighted by atomic mass is 10.1. The summed E-state index contributed by atoms with van der Waals surface area (Å²) in [6, 6.07) is 1.86. The number of nitrogens with one attached hydrogen (secondary N) is 1. The van der Waals surface area contributed by atoms with Crippen LogP contribution in [-0.4, -0.2) is 33.3 Å². The number of benzene rings is 1. The van der Waals surface area contributed by atoms with E-state index in [0.29, 0.717) is 12.1 Å². The Morgan fingerprint density at radius 1 is 1.43 bits per heavy atom. The number of amides is 1. The summed E-state index contributed by atoms with van der Waals surface area (Å²) < 4.78 is 38.2. The molecule has 1 rings (SSSR count). The third-order valence-electron chi connectivity index (χ3n) is 2.55. The average molecular weight is 308 g/mol. The maximum Gasteiger partial charge on any atom is 0.423 e. The predicted octanol–water partition coefficient (Wildman–Crippen LogP) is 1.30. The van der Waals surface area contributed by atoms with Gasteiger partial charge in [0.25, 0.3) is 11.6 Å². The largest absolute Gasteiger partial charge is 0.423 e. The monoisotopic (exact) mass is 308 g/mol. The van der Waals surface area contributed by atoms with Crippen LogP contribution in [0.4, 0.5) is 24.5 Å². The molecule has 0 saturated carbocycles. The van der Waals surface area contributed by atoms with E-state index in [1.165, 1.54) is 0 Å². The van der Waals surface area contributed by atoms with Gasteiger partial charge >= 0.3 is 6.18 Å². The van der Waals surface area contributed by atoms with E-state index in [1.807, 2.05) is 5.32 Å². The summed E-state index contributed by atoms with van der Waals surface area (Å²) in [5.74, 6) is -1.15. The molecule has 0 bridgehead atoms. The van der Waals surface area contributed by atoms with Crippen LogP contribution in [0.15, 0.2) is 18.2 Å². The first-order chi connectivity index (χ1) is 9.49. The molecule has 1 amide bonds. The van der Waals surface area contributed by atoms with E-state index in [4.69, 9.17) is 5.11 Å². The number of alkyl halides is 3. The van der Waals surface area contributed by atoms with Crippen molar-refractivity contribution in [2.45, 2.75) is 18.7 Å². The summed E-state index contributed by atoms with van der Waals surface area (Å²) in [6.45, 7) is 0.0103. The van der Waals surface area contributed by atoms with Crippen LogP contribution in [0, 0.1) is 10.1 Å². The van der Waals surface area contributed by atoms with Crippen LogP contribution >= 0.6 is 0 Å². The predicted molar refractivity (Wildman–Crippen MR) is 64.4 cm³/mol. The quantitative estimate of drug-likeness (QED) is 0.573. The van der Waals surface area contributed by atoms with Gasteiger partial charge in [0.15, 0.2) is 5.60 Å². The highest BCUT2D eigenvalue weighted by Crippen LogP contribution is 2.37. The Morgan fingerprint density at radius 3 is 2.43 bits per heavy atom. The molecule has 10 heteroatoms. The topological polar surface area (TPSA) is 113 Å². The molecule has 0 unspecified atom stereocenters. The number of nitrogens with zero attached hydrogens (tertiary/aromatic N) is 1. The lowest BCUT2D eigenvalue weighted by molar-refractivity contribution is -0.388. The van der Waals surface area contributed by atoms with Crippen LogP contribution in [0.5, 0.6) is 0 Å². The van der Waals surface area contributed by atoms with Gasteiger partial charge in [0, 0.05) is 11.8 Å². The van der Waals surface area contributed by atoms with Gasteiger partial charge in [-0.3, -0.25) is 14.9 Å². The molecule has 0 aromatic heterocycles. The second-order valence-electron chi connectivity index (χ2n) is 4.37. The van der Waals surface area contributed by atoms with E-state index in [1.54, 1.807) is 0 Å². The van der Waals surface area contributed by atoms with Gasteiger partial charge < -0.3 is 15.5 Å². The highest BCUT2D eigenvalue weighted by Gasteiger charge is 2.39. The second-order valence-corrected chi connectivity index (χ2v) is 4.37. The molecule has 0 aliphatic carbocycles. The number of rotatable bonds is 4. The van der Waals surface area contributed by atoms with Crippen LogP contribution in [0.2, 0.25) is 0 Å². The van der Waals surface area contributed by atoms with Gasteiger partial charge in [0.05, 0.1) is 11.5 Å². The zero-order chi connectivity index (χ0) is 16.4. The third-order valence-corrected chi connectivity index (χ3v) is 2.55. The van der Waals surface area contributed by atoms with Crippen molar-refractivity contribution in [3.05, 3.63) is 33.9 Å². The van der Waals surface area contributed by atoms with Crippen molar-refractivity contribution >= 4 is 17.3 Å². The molecule has 1 atom stereocenters. The molecule has 0 aliphatic rings. The first kappa shape index (κ1) is 16.9. The lowest BCUT2D eigenvalue weighted by Crippen LogP contribution is -2.43. The minimum atomic E-state index is -4.98. The van der Waals surface area contributed by atoms with Gasteiger partial charge in [-0.25, -0.2) is 0 Å². The van der Waals surface area contributed by atoms with E-state index in [0.717, 1.165) is 13.0 Å². The summed E-state index contributed by atoms with van der Waals surface area (Å²) in [5, 5.41) is 30.7. The number of hydrogen-bond acceptors (Lipinski definition) is 5. The average Bonchev–Trinajstić information content (AvgIpc) is 2.37. The highest BCUT2D eigenvalue weighted by atomic mass is 19.4. The number of halogens is 3. The molecule has 3 N–H and O–H groups in total. The molecular formula is C11H11F3N2O5. The number of carbonyl (C=O) groups excluding carboxylic acids is 1. The summed E-state index contributed by atoms with van der Waals surface area (Å²) in [4.78, 5) is 20.9. The van der Waals surface area contributed by atoms with Crippen LogP contribution in [0.1, 0.15) is 12.5 Å². The van der Waals surface area contributed by atoms with Crippen molar-refractivity contribution in [1.29, 1.82) is 0 Å². The minimum Gasteiger partial charge on any atom is -0.393 e. The molecule has 0 heterocycles. The maximum absolute atomic E-state index is 12.7. The van der Waals surface area contributed by atoms with E-state index in [9.17, 15) is 33.2 Å². The molecule has 7 nitrogen and oxygen atoms in total. The SMILES string of the molecule is C[C@](O)(CO)C(=O)Nc1ccc([N+](=O)[O-])c(C(F)(F)F)c1. The van der Waals surface area contributed by atoms with Gasteiger partial charge in [-0.2, -0.15) is 13.2 Å². The number of nitro groups is 1. The fourth-order valence-corrected chi connectivity index (χ4v) is 1.34. The Balaban J connectivity index is 3.18. The molecule has 21 heavy (non-hydrogen) atoms. The molecule has 1 aromatic rings. The van der Waals surface area contributed by atoms with Gasteiger partial charge in [-0.15, -0.1) is 0 Å². The highest BCUT2D eigenvalue weighted by molar-refractivity contribution is 5.97. The number of carbonyl (C=O) groups is 1. The first-order valence-corrected chi connectivity index (χ1v) is 5.49. The Morgan fingerprint density at radius 2 is 2.00 bits per heavy atom. The van der Waals surface area contributed by atoms with Crippen LogP contribution in [0.3, 0.4) is 0 Å². The van der Waals surface area contributed by atoms with E-state index in [2.05, 4.69) is 0 Å². The molecule has 0 spiro atoms. The zero-order valence-corrected chi connectivity index (χ0v) is 10.6. The molecule has 0 fully saturated rings. The second kappa shape index (κ2) is 5.66. The van der Waals surface area contributed by atoms with Gasteiger partial charge in [-0.05, 0) is 19.1 Å². The van der Waals surface area contributed by atoms with Crippen molar-refractivity contribution in [3.8, 4) is 0 Å². The van der Waals surface area contributed by atoms with E-state index < -0.39 is 46.2 Å². The summed E-state index contributed by atoms with van der Waals surface area (Å²) in [5.41, 5.74) is -5.28. The summed E-state index contributed by atoms with van der Waals surface area (Å²) in [6.07, 6.45) is -4.98. The zero-order valence-electron chi connectivity index (χ0n) is 10.6. The third kappa shape index (κ3) is 3.89. The maximum atomic E-state index is 12.7. The molecule has 0 radical (unpaired) electrons. The summed E-state index contributed by atoms with van der Waals surface area (Å²) >= 11 is 0. The Hall–Kier alpha value is -2.20. The van der Waals surface area contributed by atoms with Gasteiger partial charge in [0.2, 0.25) is 0 Å². The minimum absolute atomic E-state index is 0.378. The molecular weight excluding hydrogens is 297 g/mol. The fraction of sp³-hybridized carbons (Fsp3) is 0.364. The number of anilines is 1.